The average Bonchev–Trinajstić information content (AvgIpc) is 2.58. The molecule has 0 radical (unpaired) electrons. The predicted molar refractivity (Wildman–Crippen MR) is 104 cm³/mol. The van der Waals surface area contributed by atoms with E-state index in [0.717, 1.165) is 18.5 Å². The van der Waals surface area contributed by atoms with Gasteiger partial charge in [0.05, 0.1) is 19.3 Å². The van der Waals surface area contributed by atoms with E-state index in [1.807, 2.05) is 36.4 Å². The van der Waals surface area contributed by atoms with Crippen LogP contribution in [0.5, 0.6) is 5.75 Å². The standard InChI is InChI=1S/C19H22Cl2N2O2/c1-3-10-23(12-14-8-9-15(20)11-16(14)21)13-19(24)22-17-6-4-5-7-18(17)25-2/h4-9,11H,3,10,12-13H2,1-2H3,(H,22,24). The monoisotopic (exact) mass is 380 g/mol. The molecule has 2 rings (SSSR count). The highest BCUT2D eigenvalue weighted by atomic mass is 35.5. The quantitative estimate of drug-likeness (QED) is 0.711. The van der Waals surface area contributed by atoms with Crippen LogP contribution in [-0.4, -0.2) is 31.0 Å². The highest BCUT2D eigenvalue weighted by molar-refractivity contribution is 6.35. The number of nitrogens with zero attached hydrogens (tertiary/aromatic N) is 1. The second kappa shape index (κ2) is 9.66. The summed E-state index contributed by atoms with van der Waals surface area (Å²) in [4.78, 5) is 14.5. The van der Waals surface area contributed by atoms with Gasteiger partial charge in [-0.2, -0.15) is 0 Å². The van der Waals surface area contributed by atoms with Gasteiger partial charge in [0.2, 0.25) is 5.91 Å². The van der Waals surface area contributed by atoms with Gasteiger partial charge in [-0.1, -0.05) is 48.3 Å². The summed E-state index contributed by atoms with van der Waals surface area (Å²) in [7, 11) is 1.58. The molecule has 0 unspecified atom stereocenters. The Morgan fingerprint density at radius 3 is 2.64 bits per heavy atom. The normalized spacial score (nSPS) is 10.8. The number of carbonyl (C=O) groups is 1. The zero-order chi connectivity index (χ0) is 18.2. The van der Waals surface area contributed by atoms with E-state index in [9.17, 15) is 4.79 Å². The number of ether oxygens (including phenoxy) is 1. The molecule has 0 aliphatic rings. The number of carbonyl (C=O) groups excluding carboxylic acids is 1. The summed E-state index contributed by atoms with van der Waals surface area (Å²) in [5, 5.41) is 4.11. The largest absolute Gasteiger partial charge is 0.495 e. The summed E-state index contributed by atoms with van der Waals surface area (Å²) in [5.74, 6) is 0.543. The first-order valence-electron chi connectivity index (χ1n) is 8.12. The molecule has 0 saturated heterocycles. The maximum absolute atomic E-state index is 12.4. The molecule has 4 nitrogen and oxygen atoms in total. The van der Waals surface area contributed by atoms with Crippen LogP contribution >= 0.6 is 23.2 Å². The molecule has 1 amide bonds. The van der Waals surface area contributed by atoms with Gasteiger partial charge in [0.25, 0.3) is 0 Å². The lowest BCUT2D eigenvalue weighted by molar-refractivity contribution is -0.117. The summed E-state index contributed by atoms with van der Waals surface area (Å²) in [6.45, 7) is 3.72. The molecule has 0 aliphatic heterocycles. The van der Waals surface area contributed by atoms with Crippen LogP contribution in [0.15, 0.2) is 42.5 Å². The van der Waals surface area contributed by atoms with Crippen molar-refractivity contribution in [3.63, 3.8) is 0 Å². The zero-order valence-corrected chi connectivity index (χ0v) is 15.9. The molecule has 0 aliphatic carbocycles. The third-order valence-electron chi connectivity index (χ3n) is 3.70. The van der Waals surface area contributed by atoms with Crippen molar-refractivity contribution >= 4 is 34.8 Å². The van der Waals surface area contributed by atoms with Crippen molar-refractivity contribution in [2.24, 2.45) is 0 Å². The number of benzene rings is 2. The van der Waals surface area contributed by atoms with Gasteiger partial charge in [0, 0.05) is 16.6 Å². The van der Waals surface area contributed by atoms with Gasteiger partial charge in [-0.25, -0.2) is 0 Å². The lowest BCUT2D eigenvalue weighted by Gasteiger charge is -2.22. The fraction of sp³-hybridized carbons (Fsp3) is 0.316. The zero-order valence-electron chi connectivity index (χ0n) is 14.4. The Hall–Kier alpha value is -1.75. The van der Waals surface area contributed by atoms with Crippen LogP contribution in [0.2, 0.25) is 10.0 Å². The lowest BCUT2D eigenvalue weighted by atomic mass is 10.2. The van der Waals surface area contributed by atoms with Crippen molar-refractivity contribution in [1.29, 1.82) is 0 Å². The Kier molecular flexibility index (Phi) is 7.56. The van der Waals surface area contributed by atoms with Crippen molar-refractivity contribution in [1.82, 2.24) is 4.90 Å². The van der Waals surface area contributed by atoms with Crippen LogP contribution < -0.4 is 10.1 Å². The molecule has 0 atom stereocenters. The molecular weight excluding hydrogens is 359 g/mol. The van der Waals surface area contributed by atoms with E-state index < -0.39 is 0 Å². The molecular formula is C19H22Cl2N2O2. The lowest BCUT2D eigenvalue weighted by Crippen LogP contribution is -2.33. The maximum Gasteiger partial charge on any atom is 0.238 e. The molecule has 25 heavy (non-hydrogen) atoms. The van der Waals surface area contributed by atoms with E-state index in [1.165, 1.54) is 0 Å². The summed E-state index contributed by atoms with van der Waals surface area (Å²) in [5.41, 5.74) is 1.61. The van der Waals surface area contributed by atoms with E-state index in [4.69, 9.17) is 27.9 Å². The van der Waals surface area contributed by atoms with Crippen molar-refractivity contribution in [3.05, 3.63) is 58.1 Å². The second-order valence-corrected chi connectivity index (χ2v) is 6.54. The van der Waals surface area contributed by atoms with Gasteiger partial charge in [-0.15, -0.1) is 0 Å². The third kappa shape index (κ3) is 5.92. The van der Waals surface area contributed by atoms with Crippen molar-refractivity contribution in [2.75, 3.05) is 25.5 Å². The first kappa shape index (κ1) is 19.6. The number of hydrogen-bond acceptors (Lipinski definition) is 3. The maximum atomic E-state index is 12.4. The molecule has 1 N–H and O–H groups in total. The van der Waals surface area contributed by atoms with Crippen LogP contribution in [-0.2, 0) is 11.3 Å². The van der Waals surface area contributed by atoms with Gasteiger partial charge < -0.3 is 10.1 Å². The Morgan fingerprint density at radius 1 is 1.20 bits per heavy atom. The first-order valence-corrected chi connectivity index (χ1v) is 8.88. The van der Waals surface area contributed by atoms with Crippen LogP contribution in [0.3, 0.4) is 0 Å². The molecule has 134 valence electrons. The van der Waals surface area contributed by atoms with E-state index in [-0.39, 0.29) is 12.5 Å². The molecule has 2 aromatic carbocycles. The molecule has 0 bridgehead atoms. The highest BCUT2D eigenvalue weighted by Gasteiger charge is 2.14. The van der Waals surface area contributed by atoms with Gasteiger partial charge >= 0.3 is 0 Å². The summed E-state index contributed by atoms with van der Waals surface area (Å²) < 4.78 is 5.26. The Morgan fingerprint density at radius 2 is 1.96 bits per heavy atom. The van der Waals surface area contributed by atoms with Crippen LogP contribution in [0.1, 0.15) is 18.9 Å². The minimum atomic E-state index is -0.0944. The predicted octanol–water partition coefficient (Wildman–Crippen LogP) is 4.85. The minimum Gasteiger partial charge on any atom is -0.495 e. The number of rotatable bonds is 8. The van der Waals surface area contributed by atoms with Gasteiger partial charge in [-0.05, 0) is 42.8 Å². The SMILES string of the molecule is CCCN(CC(=O)Nc1ccccc1OC)Cc1ccc(Cl)cc1Cl. The fourth-order valence-corrected chi connectivity index (χ4v) is 3.03. The van der Waals surface area contributed by atoms with Crippen molar-refractivity contribution in [2.45, 2.75) is 19.9 Å². The molecule has 0 heterocycles. The smallest absolute Gasteiger partial charge is 0.238 e. The van der Waals surface area contributed by atoms with Gasteiger partial charge in [-0.3, -0.25) is 9.69 Å². The Labute approximate surface area is 158 Å². The van der Waals surface area contributed by atoms with Crippen LogP contribution in [0.4, 0.5) is 5.69 Å². The summed E-state index contributed by atoms with van der Waals surface area (Å²) in [6.07, 6.45) is 0.938. The topological polar surface area (TPSA) is 41.6 Å². The van der Waals surface area contributed by atoms with Crippen molar-refractivity contribution < 1.29 is 9.53 Å². The summed E-state index contributed by atoms with van der Waals surface area (Å²) in [6, 6.07) is 12.8. The van der Waals surface area contributed by atoms with E-state index in [0.29, 0.717) is 28.0 Å². The second-order valence-electron chi connectivity index (χ2n) is 5.69. The van der Waals surface area contributed by atoms with Crippen LogP contribution in [0.25, 0.3) is 0 Å². The number of hydrogen-bond donors (Lipinski definition) is 1. The number of nitrogens with one attached hydrogen (secondary N) is 1. The fourth-order valence-electron chi connectivity index (χ4n) is 2.56. The average molecular weight is 381 g/mol. The number of para-hydroxylation sites is 2. The molecule has 6 heteroatoms. The third-order valence-corrected chi connectivity index (χ3v) is 4.28. The summed E-state index contributed by atoms with van der Waals surface area (Å²) >= 11 is 12.2. The molecule has 2 aromatic rings. The number of amides is 1. The molecule has 0 aromatic heterocycles. The van der Waals surface area contributed by atoms with Gasteiger partial charge in [0.15, 0.2) is 0 Å². The molecule has 0 spiro atoms. The minimum absolute atomic E-state index is 0.0944. The van der Waals surface area contributed by atoms with Crippen LogP contribution in [0, 0.1) is 0 Å². The number of halogens is 2. The Bertz CT molecular complexity index is 722. The number of methoxy groups -OCH3 is 1. The number of anilines is 1. The van der Waals surface area contributed by atoms with E-state index in [1.54, 1.807) is 13.2 Å². The van der Waals surface area contributed by atoms with Gasteiger partial charge in [0.1, 0.15) is 5.75 Å². The molecule has 0 saturated carbocycles. The van der Waals surface area contributed by atoms with E-state index >= 15 is 0 Å². The highest BCUT2D eigenvalue weighted by Crippen LogP contribution is 2.24. The first-order chi connectivity index (χ1) is 12.0. The van der Waals surface area contributed by atoms with Crippen molar-refractivity contribution in [3.8, 4) is 5.75 Å². The molecule has 0 fully saturated rings. The Balaban J connectivity index is 2.03. The van der Waals surface area contributed by atoms with E-state index in [2.05, 4.69) is 17.1 Å².